The fourth-order valence-electron chi connectivity index (χ4n) is 4.77. The van der Waals surface area contributed by atoms with Crippen LogP contribution in [0.15, 0.2) is 82.0 Å². The molecule has 1 saturated heterocycles. The number of rotatable bonds is 8. The zero-order valence-electron chi connectivity index (χ0n) is 20.9. The van der Waals surface area contributed by atoms with Crippen LogP contribution in [0, 0.1) is 0 Å². The van der Waals surface area contributed by atoms with Crippen molar-refractivity contribution in [2.24, 2.45) is 4.99 Å². The number of nitrogens with zero attached hydrogens (tertiary/aromatic N) is 2. The monoisotopic (exact) mass is 518 g/mol. The van der Waals surface area contributed by atoms with Crippen LogP contribution in [0.25, 0.3) is 0 Å². The summed E-state index contributed by atoms with van der Waals surface area (Å²) in [6.45, 7) is 3.10. The van der Waals surface area contributed by atoms with Gasteiger partial charge in [0.25, 0.3) is 5.91 Å². The Morgan fingerprint density at radius 3 is 2.78 bits per heavy atom. The molecule has 0 bridgehead atoms. The van der Waals surface area contributed by atoms with Crippen molar-refractivity contribution in [2.45, 2.75) is 38.3 Å². The van der Waals surface area contributed by atoms with Crippen molar-refractivity contribution < 1.29 is 19.1 Å². The maximum atomic E-state index is 13.7. The summed E-state index contributed by atoms with van der Waals surface area (Å²) in [5.41, 5.74) is 3.52. The minimum absolute atomic E-state index is 0.0754. The Balaban J connectivity index is 1.44. The fourth-order valence-corrected chi connectivity index (χ4v) is 5.73. The molecule has 3 heterocycles. The first-order valence-electron chi connectivity index (χ1n) is 12.4. The SMILES string of the molecule is COc1cccc([C@@H]2C(C(=O)Nc3ccccc3)=C(C)N=C3SC=C(CC(=O)NC[C@@H]4CCCO4)N32)c1. The molecule has 0 saturated carbocycles. The van der Waals surface area contributed by atoms with Crippen molar-refractivity contribution in [2.75, 3.05) is 25.6 Å². The van der Waals surface area contributed by atoms with Gasteiger partial charge < -0.3 is 25.0 Å². The van der Waals surface area contributed by atoms with Crippen molar-refractivity contribution >= 4 is 34.4 Å². The van der Waals surface area contributed by atoms with E-state index in [1.54, 1.807) is 7.11 Å². The van der Waals surface area contributed by atoms with E-state index in [0.29, 0.717) is 29.3 Å². The molecule has 192 valence electrons. The molecule has 3 aliphatic rings. The van der Waals surface area contributed by atoms with E-state index >= 15 is 0 Å². The van der Waals surface area contributed by atoms with Gasteiger partial charge in [-0.25, -0.2) is 4.99 Å². The molecule has 2 amide bonds. The molecule has 1 fully saturated rings. The number of benzene rings is 2. The van der Waals surface area contributed by atoms with Crippen molar-refractivity contribution in [1.29, 1.82) is 0 Å². The highest BCUT2D eigenvalue weighted by atomic mass is 32.2. The maximum Gasteiger partial charge on any atom is 0.255 e. The smallest absolute Gasteiger partial charge is 0.255 e. The average molecular weight is 519 g/mol. The van der Waals surface area contributed by atoms with Crippen LogP contribution < -0.4 is 15.4 Å². The summed E-state index contributed by atoms with van der Waals surface area (Å²) in [7, 11) is 1.62. The number of carbonyl (C=O) groups excluding carboxylic acids is 2. The van der Waals surface area contributed by atoms with E-state index in [2.05, 4.69) is 10.6 Å². The number of methoxy groups -OCH3 is 1. The summed E-state index contributed by atoms with van der Waals surface area (Å²) in [6.07, 6.45) is 2.24. The number of allylic oxidation sites excluding steroid dienone is 1. The summed E-state index contributed by atoms with van der Waals surface area (Å²) in [6, 6.07) is 16.5. The molecule has 0 aliphatic carbocycles. The number of amidine groups is 1. The predicted octanol–water partition coefficient (Wildman–Crippen LogP) is 4.59. The largest absolute Gasteiger partial charge is 0.497 e. The van der Waals surface area contributed by atoms with E-state index in [4.69, 9.17) is 14.5 Å². The van der Waals surface area contributed by atoms with Crippen LogP contribution in [0.4, 0.5) is 5.69 Å². The van der Waals surface area contributed by atoms with Gasteiger partial charge in [-0.05, 0) is 55.0 Å². The van der Waals surface area contributed by atoms with Gasteiger partial charge in [-0.3, -0.25) is 9.59 Å². The van der Waals surface area contributed by atoms with Crippen LogP contribution in [-0.2, 0) is 14.3 Å². The molecular formula is C28H30N4O4S. The molecule has 0 spiro atoms. The lowest BCUT2D eigenvalue weighted by atomic mass is 9.93. The normalized spacial score (nSPS) is 20.8. The van der Waals surface area contributed by atoms with Crippen molar-refractivity contribution in [3.05, 3.63) is 82.5 Å². The summed E-state index contributed by atoms with van der Waals surface area (Å²) in [5, 5.41) is 8.70. The summed E-state index contributed by atoms with van der Waals surface area (Å²) >= 11 is 1.46. The third kappa shape index (κ3) is 5.57. The lowest BCUT2D eigenvalue weighted by Gasteiger charge is -2.36. The lowest BCUT2D eigenvalue weighted by Crippen LogP contribution is -2.39. The molecule has 0 aromatic heterocycles. The van der Waals surface area contributed by atoms with E-state index in [1.165, 1.54) is 11.8 Å². The van der Waals surface area contributed by atoms with Gasteiger partial charge in [0.05, 0.1) is 36.9 Å². The van der Waals surface area contributed by atoms with E-state index in [9.17, 15) is 9.59 Å². The second-order valence-corrected chi connectivity index (χ2v) is 9.94. The number of aliphatic imine (C=N–C) groups is 1. The summed E-state index contributed by atoms with van der Waals surface area (Å²) in [5.74, 6) is 0.363. The molecule has 37 heavy (non-hydrogen) atoms. The number of anilines is 1. The maximum absolute atomic E-state index is 13.7. The van der Waals surface area contributed by atoms with Crippen LogP contribution in [0.1, 0.15) is 37.8 Å². The number of thioether (sulfide) groups is 1. The third-order valence-corrected chi connectivity index (χ3v) is 7.47. The number of carbonyl (C=O) groups is 2. The van der Waals surface area contributed by atoms with Gasteiger partial charge in [0.1, 0.15) is 5.75 Å². The molecule has 5 rings (SSSR count). The van der Waals surface area contributed by atoms with Gasteiger partial charge in [-0.15, -0.1) is 0 Å². The number of nitrogens with one attached hydrogen (secondary N) is 2. The Hall–Kier alpha value is -3.56. The molecule has 2 aromatic carbocycles. The molecule has 2 N–H and O–H groups in total. The van der Waals surface area contributed by atoms with Crippen LogP contribution in [0.2, 0.25) is 0 Å². The van der Waals surface area contributed by atoms with E-state index < -0.39 is 6.04 Å². The fraction of sp³-hybridized carbons (Fsp3) is 0.321. The first kappa shape index (κ1) is 25.1. The Morgan fingerprint density at radius 1 is 1.19 bits per heavy atom. The van der Waals surface area contributed by atoms with Gasteiger partial charge in [0.15, 0.2) is 5.17 Å². The first-order chi connectivity index (χ1) is 18.0. The molecule has 2 aromatic rings. The second-order valence-electron chi connectivity index (χ2n) is 9.11. The second kappa shape index (κ2) is 11.2. The highest BCUT2D eigenvalue weighted by Crippen LogP contribution is 2.45. The third-order valence-electron chi connectivity index (χ3n) is 6.58. The number of para-hydroxylation sites is 1. The number of hydrogen-bond acceptors (Lipinski definition) is 7. The Bertz CT molecular complexity index is 1270. The standard InChI is InChI=1S/C28H30N4O4S/c1-18-25(27(34)31-20-9-4-3-5-10-20)26(19-8-6-11-22(14-19)35-2)32-21(17-37-28(32)30-18)15-24(33)29-16-23-12-7-13-36-23/h3-6,8-11,14,17,23,26H,7,12-13,15-16H2,1-2H3,(H,29,33)(H,31,34)/t23-,26+/m0/s1. The Labute approximate surface area is 220 Å². The van der Waals surface area contributed by atoms with Crippen molar-refractivity contribution in [3.8, 4) is 5.75 Å². The minimum Gasteiger partial charge on any atom is -0.497 e. The molecule has 2 atom stereocenters. The van der Waals surface area contributed by atoms with E-state index in [0.717, 1.165) is 35.9 Å². The van der Waals surface area contributed by atoms with E-state index in [-0.39, 0.29) is 24.3 Å². The summed E-state index contributed by atoms with van der Waals surface area (Å²) < 4.78 is 11.1. The van der Waals surface area contributed by atoms with Gasteiger partial charge >= 0.3 is 0 Å². The molecule has 8 nitrogen and oxygen atoms in total. The average Bonchev–Trinajstić information content (AvgIpc) is 3.57. The lowest BCUT2D eigenvalue weighted by molar-refractivity contribution is -0.121. The zero-order valence-corrected chi connectivity index (χ0v) is 21.7. The van der Waals surface area contributed by atoms with Crippen LogP contribution in [0.5, 0.6) is 5.75 Å². The number of fused-ring (bicyclic) bond motifs is 1. The van der Waals surface area contributed by atoms with Gasteiger partial charge in [0, 0.05) is 24.5 Å². The van der Waals surface area contributed by atoms with Crippen LogP contribution in [0.3, 0.4) is 0 Å². The number of hydrogen-bond donors (Lipinski definition) is 2. The topological polar surface area (TPSA) is 92.3 Å². The van der Waals surface area contributed by atoms with Gasteiger partial charge in [-0.1, -0.05) is 42.1 Å². The summed E-state index contributed by atoms with van der Waals surface area (Å²) in [4.78, 5) is 33.3. The molecule has 9 heteroatoms. The Kier molecular flexibility index (Phi) is 7.62. The van der Waals surface area contributed by atoms with Crippen LogP contribution >= 0.6 is 11.8 Å². The highest BCUT2D eigenvalue weighted by molar-refractivity contribution is 8.16. The quantitative estimate of drug-likeness (QED) is 0.531. The molecule has 0 radical (unpaired) electrons. The van der Waals surface area contributed by atoms with Crippen LogP contribution in [-0.4, -0.2) is 48.2 Å². The van der Waals surface area contributed by atoms with Crippen molar-refractivity contribution in [3.63, 3.8) is 0 Å². The van der Waals surface area contributed by atoms with Gasteiger partial charge in [-0.2, -0.15) is 0 Å². The first-order valence-corrected chi connectivity index (χ1v) is 13.2. The van der Waals surface area contributed by atoms with Crippen molar-refractivity contribution in [1.82, 2.24) is 10.2 Å². The zero-order chi connectivity index (χ0) is 25.8. The van der Waals surface area contributed by atoms with Gasteiger partial charge in [0.2, 0.25) is 5.91 Å². The molecule has 3 aliphatic heterocycles. The number of amides is 2. The number of ether oxygens (including phenoxy) is 2. The Morgan fingerprint density at radius 2 is 2.03 bits per heavy atom. The predicted molar refractivity (Wildman–Crippen MR) is 145 cm³/mol. The molecular weight excluding hydrogens is 488 g/mol. The highest BCUT2D eigenvalue weighted by Gasteiger charge is 2.40. The molecule has 0 unspecified atom stereocenters. The van der Waals surface area contributed by atoms with E-state index in [1.807, 2.05) is 71.8 Å². The minimum atomic E-state index is -0.474.